The highest BCUT2D eigenvalue weighted by molar-refractivity contribution is 6.06. The van der Waals surface area contributed by atoms with Gasteiger partial charge in [-0.1, -0.05) is 0 Å². The average molecular weight is 394 g/mol. The molecule has 9 heteroatoms. The highest BCUT2D eigenvalue weighted by Gasteiger charge is 2.22. The van der Waals surface area contributed by atoms with Crippen LogP contribution in [0.2, 0.25) is 0 Å². The Bertz CT molecular complexity index is 1260. The Morgan fingerprint density at radius 3 is 3.03 bits per heavy atom. The molecule has 2 aromatic heterocycles. The second kappa shape index (κ2) is 6.33. The third-order valence-corrected chi connectivity index (χ3v) is 4.85. The van der Waals surface area contributed by atoms with Crippen molar-refractivity contribution in [2.24, 2.45) is 0 Å². The fourth-order valence-electron chi connectivity index (χ4n) is 3.54. The number of hydrogen-bond acceptors (Lipinski definition) is 7. The molecule has 1 aliphatic heterocycles. The first-order valence-corrected chi connectivity index (χ1v) is 9.12. The number of nitrogens with zero attached hydrogens (tertiary/aromatic N) is 1. The van der Waals surface area contributed by atoms with E-state index in [4.69, 9.17) is 24.7 Å². The van der Waals surface area contributed by atoms with Crippen molar-refractivity contribution < 1.29 is 23.8 Å². The lowest BCUT2D eigenvalue weighted by Gasteiger charge is -2.12. The molecular weight excluding hydrogens is 376 g/mol. The van der Waals surface area contributed by atoms with Gasteiger partial charge in [0.25, 0.3) is 6.01 Å². The number of aliphatic carboxylic acids is 1. The van der Waals surface area contributed by atoms with Gasteiger partial charge in [0.2, 0.25) is 0 Å². The number of benzene rings is 2. The Kier molecular flexibility index (Phi) is 3.76. The molecule has 148 valence electrons. The molecule has 0 unspecified atom stereocenters. The lowest BCUT2D eigenvalue weighted by Crippen LogP contribution is -2.22. The van der Waals surface area contributed by atoms with E-state index in [-0.39, 0.29) is 6.01 Å². The molecule has 1 atom stereocenters. The summed E-state index contributed by atoms with van der Waals surface area (Å²) in [4.78, 5) is 18.7. The number of carboxylic acid groups (broad SMARTS) is 1. The van der Waals surface area contributed by atoms with Crippen molar-refractivity contribution in [1.82, 2.24) is 9.97 Å². The first kappa shape index (κ1) is 17.2. The molecule has 0 amide bonds. The molecule has 0 fully saturated rings. The quantitative estimate of drug-likeness (QED) is 0.414. The van der Waals surface area contributed by atoms with E-state index in [1.807, 2.05) is 18.2 Å². The molecule has 29 heavy (non-hydrogen) atoms. The summed E-state index contributed by atoms with van der Waals surface area (Å²) in [6.45, 7) is 2.58. The van der Waals surface area contributed by atoms with Crippen LogP contribution in [-0.2, 0) is 4.79 Å². The first-order valence-electron chi connectivity index (χ1n) is 9.12. The molecule has 0 saturated heterocycles. The largest absolute Gasteiger partial charge is 0.491 e. The van der Waals surface area contributed by atoms with Gasteiger partial charge >= 0.3 is 5.97 Å². The second-order valence-corrected chi connectivity index (χ2v) is 6.83. The van der Waals surface area contributed by atoms with Gasteiger partial charge in [0.05, 0.1) is 22.3 Å². The summed E-state index contributed by atoms with van der Waals surface area (Å²) in [7, 11) is 0. The molecule has 9 nitrogen and oxygen atoms in total. The summed E-state index contributed by atoms with van der Waals surface area (Å²) in [5, 5.41) is 13.4. The lowest BCUT2D eigenvalue weighted by molar-refractivity contribution is -0.144. The summed E-state index contributed by atoms with van der Waals surface area (Å²) in [5.41, 5.74) is 10.4. The summed E-state index contributed by atoms with van der Waals surface area (Å²) >= 11 is 0. The van der Waals surface area contributed by atoms with Crippen LogP contribution in [0, 0.1) is 0 Å². The van der Waals surface area contributed by atoms with Gasteiger partial charge in [-0.05, 0) is 25.1 Å². The normalized spacial score (nSPS) is 14.2. The van der Waals surface area contributed by atoms with Crippen molar-refractivity contribution in [1.29, 1.82) is 0 Å². The number of carbonyl (C=O) groups is 1. The van der Waals surface area contributed by atoms with Crippen LogP contribution < -0.4 is 20.5 Å². The third kappa shape index (κ3) is 2.87. The number of nitrogens with one attached hydrogen (secondary N) is 2. The van der Waals surface area contributed by atoms with E-state index >= 15 is 0 Å². The number of oxazole rings is 1. The highest BCUT2D eigenvalue weighted by Crippen LogP contribution is 2.43. The maximum absolute atomic E-state index is 11.1. The number of aromatic amines is 1. The molecule has 5 rings (SSSR count). The minimum Gasteiger partial charge on any atom is -0.491 e. The SMILES string of the molecule is C[C@H](Oc1cc2c3c(c(-c4ccc5oc(N)nc5c4)[nH]c3c1)NCCO2)C(=O)O. The molecule has 0 spiro atoms. The van der Waals surface area contributed by atoms with Crippen LogP contribution in [0.15, 0.2) is 34.7 Å². The average Bonchev–Trinajstić information content (AvgIpc) is 3.15. The predicted molar refractivity (Wildman–Crippen MR) is 107 cm³/mol. The number of fused-ring (bicyclic) bond motifs is 1. The van der Waals surface area contributed by atoms with E-state index in [9.17, 15) is 4.79 Å². The molecule has 5 N–H and O–H groups in total. The summed E-state index contributed by atoms with van der Waals surface area (Å²) in [6.07, 6.45) is -0.975. The number of ether oxygens (including phenoxy) is 2. The zero-order chi connectivity index (χ0) is 20.1. The third-order valence-electron chi connectivity index (χ3n) is 4.85. The van der Waals surface area contributed by atoms with Gasteiger partial charge in [0.15, 0.2) is 11.7 Å². The maximum Gasteiger partial charge on any atom is 0.344 e. The Hall–Kier alpha value is -3.88. The van der Waals surface area contributed by atoms with Gasteiger partial charge < -0.3 is 35.0 Å². The number of hydrogen-bond donors (Lipinski definition) is 4. The van der Waals surface area contributed by atoms with Crippen molar-refractivity contribution in [3.8, 4) is 22.8 Å². The molecule has 0 saturated carbocycles. The highest BCUT2D eigenvalue weighted by atomic mass is 16.5. The predicted octanol–water partition coefficient (Wildman–Crippen LogP) is 3.21. The van der Waals surface area contributed by atoms with Crippen LogP contribution in [0.1, 0.15) is 6.92 Å². The van der Waals surface area contributed by atoms with E-state index in [0.717, 1.165) is 27.8 Å². The Morgan fingerprint density at radius 1 is 1.34 bits per heavy atom. The van der Waals surface area contributed by atoms with E-state index < -0.39 is 12.1 Å². The van der Waals surface area contributed by atoms with Crippen molar-refractivity contribution in [3.63, 3.8) is 0 Å². The van der Waals surface area contributed by atoms with E-state index in [1.54, 1.807) is 12.1 Å². The van der Waals surface area contributed by atoms with Crippen molar-refractivity contribution in [3.05, 3.63) is 30.3 Å². The van der Waals surface area contributed by atoms with Gasteiger partial charge in [-0.25, -0.2) is 4.79 Å². The standard InChI is InChI=1S/C20H18N4O5/c1-9(19(25)26)28-11-7-13-16-15(8-11)27-5-4-22-18(16)17(23-13)10-2-3-14-12(6-10)24-20(21)29-14/h2-3,6-9,22-23H,4-5H2,1H3,(H2,21,24)(H,25,26)/t9-/m0/s1. The smallest absolute Gasteiger partial charge is 0.344 e. The van der Waals surface area contributed by atoms with Crippen molar-refractivity contribution >= 4 is 39.7 Å². The van der Waals surface area contributed by atoms with E-state index in [2.05, 4.69) is 15.3 Å². The molecule has 3 heterocycles. The zero-order valence-corrected chi connectivity index (χ0v) is 15.5. The molecule has 1 aliphatic rings. The number of rotatable bonds is 4. The Morgan fingerprint density at radius 2 is 2.21 bits per heavy atom. The minimum absolute atomic E-state index is 0.120. The maximum atomic E-state index is 11.1. The number of nitrogen functional groups attached to an aromatic ring is 1. The Labute approximate surface area is 164 Å². The number of aromatic nitrogens is 2. The lowest BCUT2D eigenvalue weighted by atomic mass is 10.1. The van der Waals surface area contributed by atoms with Crippen LogP contribution in [0.25, 0.3) is 33.3 Å². The van der Waals surface area contributed by atoms with Gasteiger partial charge in [-0.15, -0.1) is 0 Å². The fourth-order valence-corrected chi connectivity index (χ4v) is 3.54. The van der Waals surface area contributed by atoms with Gasteiger partial charge in [0, 0.05) is 24.2 Å². The second-order valence-electron chi connectivity index (χ2n) is 6.83. The van der Waals surface area contributed by atoms with E-state index in [0.29, 0.717) is 35.8 Å². The summed E-state index contributed by atoms with van der Waals surface area (Å²) in [6, 6.07) is 9.25. The van der Waals surface area contributed by atoms with Gasteiger partial charge in [0.1, 0.15) is 23.6 Å². The molecule has 0 bridgehead atoms. The fraction of sp³-hybridized carbons (Fsp3) is 0.200. The van der Waals surface area contributed by atoms with Gasteiger partial charge in [-0.3, -0.25) is 0 Å². The molecule has 2 aromatic carbocycles. The van der Waals surface area contributed by atoms with Crippen LogP contribution in [0.3, 0.4) is 0 Å². The number of nitrogens with two attached hydrogens (primary N) is 1. The topological polar surface area (TPSA) is 136 Å². The molecular formula is C20H18N4O5. The van der Waals surface area contributed by atoms with Gasteiger partial charge in [-0.2, -0.15) is 4.98 Å². The molecule has 0 aliphatic carbocycles. The van der Waals surface area contributed by atoms with Crippen LogP contribution >= 0.6 is 0 Å². The summed E-state index contributed by atoms with van der Waals surface area (Å²) in [5.74, 6) is 0.0133. The summed E-state index contributed by atoms with van der Waals surface area (Å²) < 4.78 is 16.8. The van der Waals surface area contributed by atoms with Crippen LogP contribution in [0.4, 0.5) is 11.7 Å². The molecule has 0 radical (unpaired) electrons. The number of carboxylic acids is 1. The number of anilines is 2. The Balaban J connectivity index is 1.67. The monoisotopic (exact) mass is 394 g/mol. The molecule has 4 aromatic rings. The number of H-pyrrole nitrogens is 1. The van der Waals surface area contributed by atoms with E-state index in [1.165, 1.54) is 6.92 Å². The van der Waals surface area contributed by atoms with Crippen molar-refractivity contribution in [2.45, 2.75) is 13.0 Å². The van der Waals surface area contributed by atoms with Crippen LogP contribution in [-0.4, -0.2) is 40.3 Å². The van der Waals surface area contributed by atoms with Crippen LogP contribution in [0.5, 0.6) is 11.5 Å². The minimum atomic E-state index is -1.04. The first-order chi connectivity index (χ1) is 14.0. The zero-order valence-electron chi connectivity index (χ0n) is 15.5. The van der Waals surface area contributed by atoms with Crippen molar-refractivity contribution in [2.75, 3.05) is 24.2 Å².